The van der Waals surface area contributed by atoms with E-state index in [1.807, 2.05) is 12.1 Å². The molecule has 0 bridgehead atoms. The molecule has 0 aliphatic carbocycles. The van der Waals surface area contributed by atoms with Crippen molar-refractivity contribution in [3.63, 3.8) is 0 Å². The van der Waals surface area contributed by atoms with Crippen molar-refractivity contribution in [1.82, 2.24) is 4.90 Å². The van der Waals surface area contributed by atoms with E-state index in [2.05, 4.69) is 48.3 Å². The molecule has 2 heterocycles. The van der Waals surface area contributed by atoms with E-state index in [-0.39, 0.29) is 0 Å². The number of nitrogens with zero attached hydrogens (tertiary/aromatic N) is 1. The van der Waals surface area contributed by atoms with Gasteiger partial charge in [-0.3, -0.25) is 4.90 Å². The van der Waals surface area contributed by atoms with E-state index >= 15 is 0 Å². The van der Waals surface area contributed by atoms with E-state index in [1.165, 1.54) is 11.1 Å². The highest BCUT2D eigenvalue weighted by atomic mass is 16.5. The second kappa shape index (κ2) is 10.3. The quantitative estimate of drug-likeness (QED) is 0.629. The molecule has 0 aromatic heterocycles. The molecule has 2 unspecified atom stereocenters. The van der Waals surface area contributed by atoms with Gasteiger partial charge in [0.1, 0.15) is 17.8 Å². The first kappa shape index (κ1) is 20.4. The predicted octanol–water partition coefficient (Wildman–Crippen LogP) is 4.32. The molecule has 2 aliphatic rings. The number of para-hydroxylation sites is 1. The molecule has 4 nitrogen and oxygen atoms in total. The summed E-state index contributed by atoms with van der Waals surface area (Å²) in [5, 5.41) is 0. The van der Waals surface area contributed by atoms with Crippen LogP contribution in [0.5, 0.6) is 5.75 Å². The van der Waals surface area contributed by atoms with Gasteiger partial charge in [0.25, 0.3) is 0 Å². The number of ether oxygens (including phenoxy) is 2. The van der Waals surface area contributed by atoms with Crippen molar-refractivity contribution in [3.05, 3.63) is 65.5 Å². The summed E-state index contributed by atoms with van der Waals surface area (Å²) in [4.78, 5) is 13.4. The number of carbonyl (C=O) groups is 1. The number of hydrogen-bond acceptors (Lipinski definition) is 4. The topological polar surface area (TPSA) is 38.8 Å². The first-order chi connectivity index (χ1) is 13.7. The van der Waals surface area contributed by atoms with E-state index in [9.17, 15) is 4.79 Å². The Kier molecular flexibility index (Phi) is 7.49. The number of rotatable bonds is 8. The van der Waals surface area contributed by atoms with Gasteiger partial charge in [-0.05, 0) is 55.4 Å². The van der Waals surface area contributed by atoms with Gasteiger partial charge in [-0.1, -0.05) is 36.4 Å². The van der Waals surface area contributed by atoms with Crippen molar-refractivity contribution in [2.45, 2.75) is 38.6 Å². The fourth-order valence-electron chi connectivity index (χ4n) is 4.24. The Balaban J connectivity index is 1.60. The number of carbonyl (C=O) groups excluding carboxylic acids is 1. The third-order valence-corrected chi connectivity index (χ3v) is 5.73. The van der Waals surface area contributed by atoms with Gasteiger partial charge in [-0.15, -0.1) is 0 Å². The highest BCUT2D eigenvalue weighted by Gasteiger charge is 2.30. The average molecular weight is 382 g/mol. The van der Waals surface area contributed by atoms with Gasteiger partial charge in [0.05, 0.1) is 20.3 Å². The van der Waals surface area contributed by atoms with Gasteiger partial charge in [0.15, 0.2) is 0 Å². The summed E-state index contributed by atoms with van der Waals surface area (Å²) < 4.78 is 11.2. The zero-order valence-corrected chi connectivity index (χ0v) is 17.0. The minimum absolute atomic E-state index is 0.422. The highest BCUT2D eigenvalue weighted by Crippen LogP contribution is 2.29. The molecule has 2 aliphatic heterocycles. The highest BCUT2D eigenvalue weighted by molar-refractivity contribution is 5.52. The summed E-state index contributed by atoms with van der Waals surface area (Å²) in [7, 11) is 1.72. The summed E-state index contributed by atoms with van der Waals surface area (Å²) in [6.45, 7) is 4.28. The van der Waals surface area contributed by atoms with Gasteiger partial charge in [0, 0.05) is 19.0 Å². The third kappa shape index (κ3) is 5.14. The zero-order chi connectivity index (χ0) is 19.8. The summed E-state index contributed by atoms with van der Waals surface area (Å²) in [6.07, 6.45) is 13.7. The van der Waals surface area contributed by atoms with Crippen LogP contribution < -0.4 is 4.74 Å². The zero-order valence-electron chi connectivity index (χ0n) is 17.0. The van der Waals surface area contributed by atoms with Crippen LogP contribution in [-0.4, -0.2) is 44.0 Å². The van der Waals surface area contributed by atoms with Crippen LogP contribution in [0.15, 0.2) is 59.9 Å². The van der Waals surface area contributed by atoms with E-state index in [0.29, 0.717) is 18.5 Å². The van der Waals surface area contributed by atoms with E-state index < -0.39 is 0 Å². The Morgan fingerprint density at radius 3 is 2.96 bits per heavy atom. The lowest BCUT2D eigenvalue weighted by molar-refractivity contribution is -0.109. The fraction of sp³-hybridized carbons (Fsp3) is 0.458. The van der Waals surface area contributed by atoms with Gasteiger partial charge >= 0.3 is 0 Å². The summed E-state index contributed by atoms with van der Waals surface area (Å²) in [5.41, 5.74) is 2.52. The molecule has 150 valence electrons. The third-order valence-electron chi connectivity index (χ3n) is 5.73. The van der Waals surface area contributed by atoms with Crippen LogP contribution in [0.1, 0.15) is 31.7 Å². The lowest BCUT2D eigenvalue weighted by Crippen LogP contribution is -2.31. The Morgan fingerprint density at radius 2 is 2.18 bits per heavy atom. The normalized spacial score (nSPS) is 25.6. The lowest BCUT2D eigenvalue weighted by atomic mass is 9.99. The monoisotopic (exact) mass is 381 g/mol. The van der Waals surface area contributed by atoms with Crippen LogP contribution in [-0.2, 0) is 16.0 Å². The number of aldehydes is 1. The number of aryl methyl sites for hydroxylation is 1. The number of hydrogen-bond donors (Lipinski definition) is 0. The molecule has 1 aromatic carbocycles. The number of benzene rings is 1. The van der Waals surface area contributed by atoms with Crippen LogP contribution in [0.2, 0.25) is 0 Å². The van der Waals surface area contributed by atoms with Gasteiger partial charge in [-0.25, -0.2) is 0 Å². The van der Waals surface area contributed by atoms with Crippen molar-refractivity contribution in [2.75, 3.05) is 26.8 Å². The van der Waals surface area contributed by atoms with Crippen molar-refractivity contribution in [1.29, 1.82) is 0 Å². The smallest absolute Gasteiger partial charge is 0.133 e. The molecular weight excluding hydrogens is 350 g/mol. The molecule has 4 heteroatoms. The molecule has 0 amide bonds. The Bertz CT molecular complexity index is 750. The van der Waals surface area contributed by atoms with Crippen LogP contribution in [0, 0.1) is 5.92 Å². The van der Waals surface area contributed by atoms with Crippen LogP contribution in [0.4, 0.5) is 0 Å². The largest absolute Gasteiger partial charge is 0.496 e. The molecule has 1 aromatic rings. The van der Waals surface area contributed by atoms with E-state index in [4.69, 9.17) is 9.47 Å². The Morgan fingerprint density at radius 1 is 1.32 bits per heavy atom. The SMILES string of the molecule is C/C=C1/CCO/C1=C/C=C/C1CC(CCc2ccccc2OC)N(CC=O)C1. The molecule has 0 saturated carbocycles. The molecule has 2 saturated heterocycles. The maximum atomic E-state index is 11.1. The summed E-state index contributed by atoms with van der Waals surface area (Å²) in [5.74, 6) is 2.41. The van der Waals surface area contributed by atoms with Crippen molar-refractivity contribution in [3.8, 4) is 5.75 Å². The van der Waals surface area contributed by atoms with Crippen molar-refractivity contribution < 1.29 is 14.3 Å². The van der Waals surface area contributed by atoms with Gasteiger partial charge in [0.2, 0.25) is 0 Å². The molecule has 2 atom stereocenters. The van der Waals surface area contributed by atoms with Gasteiger partial charge < -0.3 is 14.3 Å². The maximum Gasteiger partial charge on any atom is 0.133 e. The molecular formula is C24H31NO3. The molecule has 0 spiro atoms. The van der Waals surface area contributed by atoms with Crippen LogP contribution in [0.25, 0.3) is 0 Å². The van der Waals surface area contributed by atoms with Gasteiger partial charge in [-0.2, -0.15) is 0 Å². The molecule has 2 fully saturated rings. The predicted molar refractivity (Wildman–Crippen MR) is 112 cm³/mol. The molecule has 0 N–H and O–H groups in total. The summed E-state index contributed by atoms with van der Waals surface area (Å²) in [6, 6.07) is 8.61. The number of likely N-dealkylation sites (tertiary alicyclic amines) is 1. The van der Waals surface area contributed by atoms with E-state index in [1.54, 1.807) is 7.11 Å². The Labute approximate surface area is 168 Å². The number of allylic oxidation sites excluding steroid dienone is 4. The minimum atomic E-state index is 0.422. The average Bonchev–Trinajstić information content (AvgIpc) is 3.33. The molecule has 0 radical (unpaired) electrons. The molecule has 28 heavy (non-hydrogen) atoms. The first-order valence-corrected chi connectivity index (χ1v) is 10.2. The Hall–Kier alpha value is -2.33. The first-order valence-electron chi connectivity index (χ1n) is 10.2. The second-order valence-electron chi connectivity index (χ2n) is 7.45. The minimum Gasteiger partial charge on any atom is -0.496 e. The fourth-order valence-corrected chi connectivity index (χ4v) is 4.24. The lowest BCUT2D eigenvalue weighted by Gasteiger charge is -2.22. The van der Waals surface area contributed by atoms with Crippen LogP contribution in [0.3, 0.4) is 0 Å². The van der Waals surface area contributed by atoms with Crippen molar-refractivity contribution >= 4 is 6.29 Å². The van der Waals surface area contributed by atoms with E-state index in [0.717, 1.165) is 56.6 Å². The summed E-state index contributed by atoms with van der Waals surface area (Å²) >= 11 is 0. The number of methoxy groups -OCH3 is 1. The standard InChI is InChI=1S/C24H31NO3/c1-3-20-13-16-28-24(20)10-6-7-19-17-22(25(18-19)14-15-26)12-11-21-8-4-5-9-23(21)27-2/h3-10,15,19,22H,11-14,16-18H2,1-2H3/b7-6+,20-3-,24-10+. The molecule has 3 rings (SSSR count). The maximum absolute atomic E-state index is 11.1. The van der Waals surface area contributed by atoms with Crippen molar-refractivity contribution in [2.24, 2.45) is 5.92 Å². The second-order valence-corrected chi connectivity index (χ2v) is 7.45. The van der Waals surface area contributed by atoms with Crippen LogP contribution >= 0.6 is 0 Å².